The van der Waals surface area contributed by atoms with Gasteiger partial charge in [0.15, 0.2) is 0 Å². The Kier molecular flexibility index (Phi) is 3.00. The molecule has 0 atom stereocenters. The number of pyridine rings is 1. The summed E-state index contributed by atoms with van der Waals surface area (Å²) >= 11 is 0. The number of benzene rings is 1. The zero-order valence-electron chi connectivity index (χ0n) is 8.56. The Morgan fingerprint density at radius 3 is 2.81 bits per heavy atom. The summed E-state index contributed by atoms with van der Waals surface area (Å²) < 4.78 is 18.2. The van der Waals surface area contributed by atoms with Gasteiger partial charge in [-0.15, -0.1) is 0 Å². The van der Waals surface area contributed by atoms with Gasteiger partial charge in [-0.05, 0) is 18.2 Å². The van der Waals surface area contributed by atoms with Crippen LogP contribution < -0.4 is 10.5 Å². The molecule has 0 aliphatic carbocycles. The van der Waals surface area contributed by atoms with Crippen LogP contribution in [-0.4, -0.2) is 4.98 Å². The molecule has 0 spiro atoms. The molecule has 1 aromatic carbocycles. The van der Waals surface area contributed by atoms with E-state index in [0.29, 0.717) is 18.2 Å². The molecule has 1 aromatic heterocycles. The summed E-state index contributed by atoms with van der Waals surface area (Å²) in [7, 11) is 0. The molecular formula is C12H11FN2O. The quantitative estimate of drug-likeness (QED) is 0.860. The Morgan fingerprint density at radius 2 is 2.12 bits per heavy atom. The standard InChI is InChI=1S/C12H11FN2O/c13-10-2-1-3-11(6-10)16-8-9-4-5-12(14)15-7-9/h1-7H,8H2,(H2,14,15). The first-order valence-corrected chi connectivity index (χ1v) is 4.83. The maximum atomic E-state index is 12.8. The third-order valence-electron chi connectivity index (χ3n) is 2.05. The van der Waals surface area contributed by atoms with Gasteiger partial charge >= 0.3 is 0 Å². The molecule has 0 saturated carbocycles. The molecule has 4 heteroatoms. The fourth-order valence-corrected chi connectivity index (χ4v) is 1.24. The summed E-state index contributed by atoms with van der Waals surface area (Å²) in [6.07, 6.45) is 1.63. The van der Waals surface area contributed by atoms with Crippen molar-refractivity contribution in [3.8, 4) is 5.75 Å². The first-order valence-electron chi connectivity index (χ1n) is 4.83. The van der Waals surface area contributed by atoms with E-state index < -0.39 is 0 Å². The Hall–Kier alpha value is -2.10. The van der Waals surface area contributed by atoms with Crippen molar-refractivity contribution in [2.24, 2.45) is 0 Å². The van der Waals surface area contributed by atoms with E-state index in [-0.39, 0.29) is 5.82 Å². The molecule has 2 aromatic rings. The molecule has 2 N–H and O–H groups in total. The summed E-state index contributed by atoms with van der Waals surface area (Å²) in [6.45, 7) is 0.344. The van der Waals surface area contributed by atoms with Crippen LogP contribution >= 0.6 is 0 Å². The highest BCUT2D eigenvalue weighted by Crippen LogP contribution is 2.14. The highest BCUT2D eigenvalue weighted by Gasteiger charge is 1.97. The number of nitrogen functional groups attached to an aromatic ring is 1. The molecule has 1 heterocycles. The van der Waals surface area contributed by atoms with E-state index in [1.54, 1.807) is 24.4 Å². The zero-order valence-corrected chi connectivity index (χ0v) is 8.56. The van der Waals surface area contributed by atoms with Gasteiger partial charge < -0.3 is 10.5 Å². The number of anilines is 1. The minimum absolute atomic E-state index is 0.312. The van der Waals surface area contributed by atoms with Crippen LogP contribution in [0.4, 0.5) is 10.2 Å². The number of ether oxygens (including phenoxy) is 1. The van der Waals surface area contributed by atoms with E-state index in [0.717, 1.165) is 5.56 Å². The number of nitrogens with two attached hydrogens (primary N) is 1. The molecule has 0 aliphatic rings. The Bertz CT molecular complexity index is 471. The third-order valence-corrected chi connectivity index (χ3v) is 2.05. The number of nitrogens with zero attached hydrogens (tertiary/aromatic N) is 1. The SMILES string of the molecule is Nc1ccc(COc2cccc(F)c2)cn1. The molecular weight excluding hydrogens is 207 g/mol. The second kappa shape index (κ2) is 4.61. The molecule has 0 fully saturated rings. The van der Waals surface area contributed by atoms with Gasteiger partial charge in [0.25, 0.3) is 0 Å². The highest BCUT2D eigenvalue weighted by molar-refractivity contribution is 5.29. The fraction of sp³-hybridized carbons (Fsp3) is 0.0833. The van der Waals surface area contributed by atoms with Crippen molar-refractivity contribution in [2.45, 2.75) is 6.61 Å². The summed E-state index contributed by atoms with van der Waals surface area (Å²) in [4.78, 5) is 3.93. The highest BCUT2D eigenvalue weighted by atomic mass is 19.1. The van der Waals surface area contributed by atoms with Crippen LogP contribution in [0.3, 0.4) is 0 Å². The minimum Gasteiger partial charge on any atom is -0.489 e. The smallest absolute Gasteiger partial charge is 0.126 e. The molecule has 16 heavy (non-hydrogen) atoms. The van der Waals surface area contributed by atoms with Gasteiger partial charge in [-0.1, -0.05) is 12.1 Å². The predicted molar refractivity (Wildman–Crippen MR) is 59.4 cm³/mol. The topological polar surface area (TPSA) is 48.1 Å². The Balaban J connectivity index is 1.99. The van der Waals surface area contributed by atoms with Gasteiger partial charge in [0.2, 0.25) is 0 Å². The summed E-state index contributed by atoms with van der Waals surface area (Å²) in [6, 6.07) is 9.54. The lowest BCUT2D eigenvalue weighted by atomic mass is 10.3. The maximum Gasteiger partial charge on any atom is 0.126 e. The lowest BCUT2D eigenvalue weighted by Crippen LogP contribution is -1.97. The number of aromatic nitrogens is 1. The Morgan fingerprint density at radius 1 is 1.25 bits per heavy atom. The van der Waals surface area contributed by atoms with Crippen molar-refractivity contribution in [1.82, 2.24) is 4.98 Å². The molecule has 0 bridgehead atoms. The lowest BCUT2D eigenvalue weighted by molar-refractivity contribution is 0.304. The first kappa shape index (κ1) is 10.4. The molecule has 0 aliphatic heterocycles. The van der Waals surface area contributed by atoms with Gasteiger partial charge in [-0.25, -0.2) is 9.37 Å². The van der Waals surface area contributed by atoms with Crippen LogP contribution in [0.15, 0.2) is 42.6 Å². The van der Waals surface area contributed by atoms with E-state index in [1.807, 2.05) is 6.07 Å². The van der Waals surface area contributed by atoms with E-state index in [4.69, 9.17) is 10.5 Å². The average molecular weight is 218 g/mol. The summed E-state index contributed by atoms with van der Waals surface area (Å²) in [5.74, 6) is 0.652. The largest absolute Gasteiger partial charge is 0.489 e. The van der Waals surface area contributed by atoms with E-state index in [9.17, 15) is 4.39 Å². The predicted octanol–water partition coefficient (Wildman–Crippen LogP) is 2.38. The zero-order chi connectivity index (χ0) is 11.4. The van der Waals surface area contributed by atoms with Crippen molar-refractivity contribution in [3.63, 3.8) is 0 Å². The summed E-state index contributed by atoms with van der Waals surface area (Å²) in [5.41, 5.74) is 6.34. The van der Waals surface area contributed by atoms with Gasteiger partial charge in [-0.2, -0.15) is 0 Å². The van der Waals surface area contributed by atoms with Crippen molar-refractivity contribution in [3.05, 3.63) is 54.0 Å². The molecule has 0 radical (unpaired) electrons. The molecule has 0 unspecified atom stereocenters. The van der Waals surface area contributed by atoms with Crippen LogP contribution in [0.5, 0.6) is 5.75 Å². The van der Waals surface area contributed by atoms with Crippen molar-refractivity contribution >= 4 is 5.82 Å². The second-order valence-corrected chi connectivity index (χ2v) is 3.34. The van der Waals surface area contributed by atoms with Crippen LogP contribution in [0.25, 0.3) is 0 Å². The molecule has 2 rings (SSSR count). The van der Waals surface area contributed by atoms with Crippen molar-refractivity contribution in [2.75, 3.05) is 5.73 Å². The number of rotatable bonds is 3. The molecule has 0 amide bonds. The van der Waals surface area contributed by atoms with Gasteiger partial charge in [-0.3, -0.25) is 0 Å². The number of hydrogen-bond donors (Lipinski definition) is 1. The van der Waals surface area contributed by atoms with Crippen molar-refractivity contribution < 1.29 is 9.13 Å². The normalized spacial score (nSPS) is 10.1. The van der Waals surface area contributed by atoms with E-state index in [1.165, 1.54) is 12.1 Å². The third kappa shape index (κ3) is 2.70. The number of hydrogen-bond acceptors (Lipinski definition) is 3. The molecule has 0 saturated heterocycles. The molecule has 82 valence electrons. The van der Waals surface area contributed by atoms with Gasteiger partial charge in [0.05, 0.1) is 0 Å². The molecule has 3 nitrogen and oxygen atoms in total. The van der Waals surface area contributed by atoms with Crippen molar-refractivity contribution in [1.29, 1.82) is 0 Å². The van der Waals surface area contributed by atoms with Gasteiger partial charge in [0, 0.05) is 17.8 Å². The van der Waals surface area contributed by atoms with Gasteiger partial charge in [0.1, 0.15) is 24.0 Å². The second-order valence-electron chi connectivity index (χ2n) is 3.34. The average Bonchev–Trinajstić information content (AvgIpc) is 2.28. The first-order chi connectivity index (χ1) is 7.74. The summed E-state index contributed by atoms with van der Waals surface area (Å²) in [5, 5.41) is 0. The van der Waals surface area contributed by atoms with Crippen LogP contribution in [0, 0.1) is 5.82 Å². The minimum atomic E-state index is -0.312. The van der Waals surface area contributed by atoms with Crippen LogP contribution in [0.1, 0.15) is 5.56 Å². The van der Waals surface area contributed by atoms with E-state index in [2.05, 4.69) is 4.98 Å². The fourth-order valence-electron chi connectivity index (χ4n) is 1.24. The van der Waals surface area contributed by atoms with Crippen LogP contribution in [-0.2, 0) is 6.61 Å². The van der Waals surface area contributed by atoms with E-state index >= 15 is 0 Å². The van der Waals surface area contributed by atoms with Crippen LogP contribution in [0.2, 0.25) is 0 Å². The lowest BCUT2D eigenvalue weighted by Gasteiger charge is -2.05. The Labute approximate surface area is 92.7 Å². The monoisotopic (exact) mass is 218 g/mol. The number of halogens is 1. The maximum absolute atomic E-state index is 12.8.